The number of aliphatic hydroxyl groups excluding tert-OH is 1. The van der Waals surface area contributed by atoms with E-state index in [0.29, 0.717) is 32.8 Å². The first kappa shape index (κ1) is 21.5. The van der Waals surface area contributed by atoms with E-state index in [1.165, 1.54) is 6.07 Å². The number of halogens is 1. The summed E-state index contributed by atoms with van der Waals surface area (Å²) in [6.07, 6.45) is 1.62. The summed E-state index contributed by atoms with van der Waals surface area (Å²) in [6.45, 7) is 7.04. The van der Waals surface area contributed by atoms with Crippen molar-refractivity contribution in [3.05, 3.63) is 35.1 Å². The van der Waals surface area contributed by atoms with E-state index in [-0.39, 0.29) is 24.0 Å². The fraction of sp³-hybridized carbons (Fsp3) is 0.619. The van der Waals surface area contributed by atoms with Gasteiger partial charge in [0.25, 0.3) is 0 Å². The monoisotopic (exact) mass is 406 g/mol. The van der Waals surface area contributed by atoms with Crippen LogP contribution in [0.4, 0.5) is 4.39 Å². The number of piperidine rings is 1. The van der Waals surface area contributed by atoms with Crippen molar-refractivity contribution >= 4 is 11.9 Å². The number of benzene rings is 1. The van der Waals surface area contributed by atoms with Crippen LogP contribution in [0.5, 0.6) is 0 Å². The number of ether oxygens (including phenoxy) is 1. The Labute approximate surface area is 171 Å². The Morgan fingerprint density at radius 2 is 1.97 bits per heavy atom. The lowest BCUT2D eigenvalue weighted by atomic mass is 9.95. The molecule has 0 spiro atoms. The highest BCUT2D eigenvalue weighted by atomic mass is 19.1. The minimum absolute atomic E-state index is 0.0661. The molecule has 0 bridgehead atoms. The van der Waals surface area contributed by atoms with Crippen molar-refractivity contribution in [2.45, 2.75) is 32.9 Å². The summed E-state index contributed by atoms with van der Waals surface area (Å²) in [5.74, 6) is 0.716. The van der Waals surface area contributed by atoms with E-state index in [9.17, 15) is 14.3 Å². The summed E-state index contributed by atoms with van der Waals surface area (Å²) in [4.78, 5) is 21.5. The van der Waals surface area contributed by atoms with Crippen LogP contribution in [-0.2, 0) is 22.7 Å². The van der Waals surface area contributed by atoms with Crippen molar-refractivity contribution in [2.24, 2.45) is 10.9 Å². The zero-order valence-electron chi connectivity index (χ0n) is 17.1. The largest absolute Gasteiger partial charge is 0.392 e. The lowest BCUT2D eigenvalue weighted by molar-refractivity contribution is -0.140. The van der Waals surface area contributed by atoms with E-state index in [2.05, 4.69) is 15.2 Å². The first-order valence-electron chi connectivity index (χ1n) is 10.4. The summed E-state index contributed by atoms with van der Waals surface area (Å²) in [5.41, 5.74) is 1.13. The van der Waals surface area contributed by atoms with E-state index in [1.807, 2.05) is 11.8 Å². The fourth-order valence-corrected chi connectivity index (χ4v) is 3.82. The van der Waals surface area contributed by atoms with E-state index in [4.69, 9.17) is 4.74 Å². The number of carbonyl (C=O) groups excluding carboxylic acids is 1. The Kier molecular flexibility index (Phi) is 7.83. The summed E-state index contributed by atoms with van der Waals surface area (Å²) in [6, 6.07) is 4.70. The van der Waals surface area contributed by atoms with E-state index in [0.717, 1.165) is 44.0 Å². The van der Waals surface area contributed by atoms with Crippen molar-refractivity contribution < 1.29 is 19.0 Å². The van der Waals surface area contributed by atoms with Crippen molar-refractivity contribution in [1.82, 2.24) is 15.1 Å². The first-order valence-corrected chi connectivity index (χ1v) is 10.4. The molecule has 1 aromatic rings. The third-order valence-corrected chi connectivity index (χ3v) is 5.49. The highest BCUT2D eigenvalue weighted by molar-refractivity contribution is 5.82. The molecule has 2 heterocycles. The van der Waals surface area contributed by atoms with E-state index >= 15 is 0 Å². The molecule has 2 fully saturated rings. The van der Waals surface area contributed by atoms with E-state index in [1.54, 1.807) is 12.1 Å². The molecule has 2 aliphatic rings. The van der Waals surface area contributed by atoms with Crippen LogP contribution in [0, 0.1) is 11.7 Å². The van der Waals surface area contributed by atoms with Gasteiger partial charge in [-0.15, -0.1) is 0 Å². The Morgan fingerprint density at radius 3 is 2.62 bits per heavy atom. The molecule has 2 N–H and O–H groups in total. The van der Waals surface area contributed by atoms with Gasteiger partial charge in [-0.1, -0.05) is 6.07 Å². The Hall–Kier alpha value is -2.19. The van der Waals surface area contributed by atoms with Gasteiger partial charge >= 0.3 is 0 Å². The number of nitrogens with zero attached hydrogens (tertiary/aromatic N) is 3. The van der Waals surface area contributed by atoms with Gasteiger partial charge in [-0.2, -0.15) is 0 Å². The second kappa shape index (κ2) is 10.5. The van der Waals surface area contributed by atoms with Crippen LogP contribution >= 0.6 is 0 Å². The second-order valence-corrected chi connectivity index (χ2v) is 7.45. The Morgan fingerprint density at radius 1 is 1.24 bits per heavy atom. The molecule has 2 aliphatic heterocycles. The van der Waals surface area contributed by atoms with Crippen molar-refractivity contribution in [3.63, 3.8) is 0 Å². The molecule has 7 nitrogen and oxygen atoms in total. The summed E-state index contributed by atoms with van der Waals surface area (Å²) < 4.78 is 18.9. The molecule has 1 amide bonds. The fourth-order valence-electron chi connectivity index (χ4n) is 3.82. The van der Waals surface area contributed by atoms with Crippen LogP contribution in [-0.4, -0.2) is 72.7 Å². The SMILES string of the molecule is CCNC(=NCc1ccc(F)c(CO)c1)N1CCC(C(=O)N2CCOCC2)CC1. The maximum Gasteiger partial charge on any atom is 0.225 e. The Bertz CT molecular complexity index is 714. The number of carbonyl (C=O) groups is 1. The molecule has 0 aromatic heterocycles. The molecule has 8 heteroatoms. The minimum atomic E-state index is -0.404. The lowest BCUT2D eigenvalue weighted by Gasteiger charge is -2.36. The zero-order valence-corrected chi connectivity index (χ0v) is 17.1. The van der Waals surface area contributed by atoms with Crippen LogP contribution in [0.15, 0.2) is 23.2 Å². The number of aliphatic imine (C=N–C) groups is 1. The average Bonchev–Trinajstić information content (AvgIpc) is 2.77. The predicted octanol–water partition coefficient (Wildman–Crippen LogP) is 1.35. The molecular weight excluding hydrogens is 375 g/mol. The van der Waals surface area contributed by atoms with Gasteiger partial charge < -0.3 is 25.0 Å². The molecule has 3 rings (SSSR count). The van der Waals surface area contributed by atoms with Gasteiger partial charge in [0.2, 0.25) is 5.91 Å². The van der Waals surface area contributed by atoms with Crippen molar-refractivity contribution in [1.29, 1.82) is 0 Å². The maximum absolute atomic E-state index is 13.6. The van der Waals surface area contributed by atoms with E-state index < -0.39 is 5.82 Å². The molecule has 29 heavy (non-hydrogen) atoms. The van der Waals surface area contributed by atoms with Gasteiger partial charge in [-0.05, 0) is 37.5 Å². The molecule has 2 saturated heterocycles. The van der Waals surface area contributed by atoms with Crippen LogP contribution in [0.3, 0.4) is 0 Å². The van der Waals surface area contributed by atoms with Crippen LogP contribution in [0.1, 0.15) is 30.9 Å². The van der Waals surface area contributed by atoms with Crippen LogP contribution in [0.25, 0.3) is 0 Å². The third kappa shape index (κ3) is 5.67. The third-order valence-electron chi connectivity index (χ3n) is 5.49. The molecule has 0 aliphatic carbocycles. The smallest absolute Gasteiger partial charge is 0.225 e. The highest BCUT2D eigenvalue weighted by Crippen LogP contribution is 2.21. The number of morpholine rings is 1. The topological polar surface area (TPSA) is 77.4 Å². The average molecular weight is 407 g/mol. The van der Waals surface area contributed by atoms with Gasteiger partial charge in [0.05, 0.1) is 26.4 Å². The molecule has 1 aromatic carbocycles. The first-order chi connectivity index (χ1) is 14.1. The molecule has 0 unspecified atom stereocenters. The summed E-state index contributed by atoms with van der Waals surface area (Å²) in [7, 11) is 0. The number of hydrogen-bond donors (Lipinski definition) is 2. The number of rotatable bonds is 5. The van der Waals surface area contributed by atoms with Gasteiger partial charge in [-0.3, -0.25) is 4.79 Å². The summed E-state index contributed by atoms with van der Waals surface area (Å²) >= 11 is 0. The molecule has 160 valence electrons. The van der Waals surface area contributed by atoms with Crippen LogP contribution < -0.4 is 5.32 Å². The molecule has 0 saturated carbocycles. The Balaban J connectivity index is 1.58. The van der Waals surface area contributed by atoms with Crippen molar-refractivity contribution in [2.75, 3.05) is 45.9 Å². The molecule has 0 atom stereocenters. The number of aliphatic hydroxyl groups is 1. The molecular formula is C21H31FN4O3. The predicted molar refractivity (Wildman–Crippen MR) is 109 cm³/mol. The number of hydrogen-bond acceptors (Lipinski definition) is 4. The van der Waals surface area contributed by atoms with Gasteiger partial charge in [0.1, 0.15) is 5.82 Å². The van der Waals surface area contributed by atoms with Gasteiger partial charge in [0.15, 0.2) is 5.96 Å². The summed E-state index contributed by atoms with van der Waals surface area (Å²) in [5, 5.41) is 12.5. The number of likely N-dealkylation sites (tertiary alicyclic amines) is 1. The molecule has 0 radical (unpaired) electrons. The maximum atomic E-state index is 13.6. The standard InChI is InChI=1S/C21H31FN4O3/c1-2-23-21(24-14-16-3-4-19(22)18(13-16)15-27)26-7-5-17(6-8-26)20(28)25-9-11-29-12-10-25/h3-4,13,17,27H,2,5-12,14-15H2,1H3,(H,23,24). The normalized spacial score (nSPS) is 18.8. The zero-order chi connectivity index (χ0) is 20.6. The lowest BCUT2D eigenvalue weighted by Crippen LogP contribution is -2.50. The number of nitrogens with one attached hydrogen (secondary N) is 1. The quantitative estimate of drug-likeness (QED) is 0.570. The highest BCUT2D eigenvalue weighted by Gasteiger charge is 2.30. The van der Waals surface area contributed by atoms with Gasteiger partial charge in [0, 0.05) is 44.2 Å². The van der Waals surface area contributed by atoms with Crippen LogP contribution in [0.2, 0.25) is 0 Å². The van der Waals surface area contributed by atoms with Crippen molar-refractivity contribution in [3.8, 4) is 0 Å². The number of amides is 1. The number of guanidine groups is 1. The van der Waals surface area contributed by atoms with Gasteiger partial charge in [-0.25, -0.2) is 9.38 Å². The minimum Gasteiger partial charge on any atom is -0.392 e. The second-order valence-electron chi connectivity index (χ2n) is 7.45.